The molecule has 3 saturated heterocycles. The molecule has 1 aromatic rings. The first kappa shape index (κ1) is 27.1. The van der Waals surface area contributed by atoms with E-state index in [1.165, 1.54) is 0 Å². The number of likely N-dealkylation sites (tertiary alicyclic amines) is 1. The van der Waals surface area contributed by atoms with Crippen molar-refractivity contribution in [3.63, 3.8) is 0 Å². The van der Waals surface area contributed by atoms with Crippen LogP contribution in [0.5, 0.6) is 0 Å². The van der Waals surface area contributed by atoms with Gasteiger partial charge in [0, 0.05) is 38.5 Å². The monoisotopic (exact) mass is 510 g/mol. The molecule has 3 aliphatic heterocycles. The van der Waals surface area contributed by atoms with Crippen LogP contribution in [0.15, 0.2) is 30.3 Å². The van der Waals surface area contributed by atoms with Crippen LogP contribution in [0.25, 0.3) is 0 Å². The van der Waals surface area contributed by atoms with Gasteiger partial charge in [-0.3, -0.25) is 19.2 Å². The predicted molar refractivity (Wildman–Crippen MR) is 141 cm³/mol. The largest absolute Gasteiger partial charge is 0.344 e. The first-order valence-corrected chi connectivity index (χ1v) is 13.9. The first-order valence-electron chi connectivity index (χ1n) is 13.9. The maximum Gasteiger partial charge on any atom is 0.245 e. The molecule has 2 bridgehead atoms. The lowest BCUT2D eigenvalue weighted by molar-refractivity contribution is -0.148. The summed E-state index contributed by atoms with van der Waals surface area (Å²) in [7, 11) is 0. The van der Waals surface area contributed by atoms with E-state index in [9.17, 15) is 19.2 Å². The summed E-state index contributed by atoms with van der Waals surface area (Å²) in [6.45, 7) is 7.79. The van der Waals surface area contributed by atoms with E-state index in [-0.39, 0.29) is 41.5 Å². The molecule has 37 heavy (non-hydrogen) atoms. The minimum atomic E-state index is -0.681. The zero-order chi connectivity index (χ0) is 26.5. The fraction of sp³-hybridized carbons (Fsp3) is 0.655. The Balaban J connectivity index is 1.46. The van der Waals surface area contributed by atoms with Crippen LogP contribution in [0, 0.1) is 17.8 Å². The summed E-state index contributed by atoms with van der Waals surface area (Å²) in [6.07, 6.45) is 4.34. The SMILES string of the molecule is CC(C)CC(=O)N1C[C@@H]2C[C@H](C1)[C@@H]1CCCC(=O)N[C@@H](CCc3ccccc3)C(=O)N[C@H](C)C(=O)N1C2. The molecule has 0 radical (unpaired) electrons. The van der Waals surface area contributed by atoms with Crippen LogP contribution in [0.2, 0.25) is 0 Å². The summed E-state index contributed by atoms with van der Waals surface area (Å²) in [4.78, 5) is 56.4. The Morgan fingerprint density at radius 2 is 1.81 bits per heavy atom. The number of nitrogens with zero attached hydrogens (tertiary/aromatic N) is 2. The third-order valence-corrected chi connectivity index (χ3v) is 8.04. The summed E-state index contributed by atoms with van der Waals surface area (Å²) in [6, 6.07) is 8.49. The molecule has 2 N–H and O–H groups in total. The molecule has 5 atom stereocenters. The van der Waals surface area contributed by atoms with Gasteiger partial charge >= 0.3 is 0 Å². The van der Waals surface area contributed by atoms with Gasteiger partial charge in [-0.2, -0.15) is 0 Å². The summed E-state index contributed by atoms with van der Waals surface area (Å²) >= 11 is 0. The van der Waals surface area contributed by atoms with Gasteiger partial charge in [0.25, 0.3) is 0 Å². The Kier molecular flexibility index (Phi) is 8.87. The molecular formula is C29H42N4O4. The highest BCUT2D eigenvalue weighted by atomic mass is 16.2. The summed E-state index contributed by atoms with van der Waals surface area (Å²) in [5.41, 5.74) is 1.10. The fourth-order valence-corrected chi connectivity index (χ4v) is 6.24. The van der Waals surface area contributed by atoms with Gasteiger partial charge in [-0.15, -0.1) is 0 Å². The van der Waals surface area contributed by atoms with Crippen molar-refractivity contribution in [2.24, 2.45) is 17.8 Å². The van der Waals surface area contributed by atoms with Crippen molar-refractivity contribution in [2.75, 3.05) is 19.6 Å². The Labute approximate surface area is 220 Å². The maximum atomic E-state index is 13.6. The number of carbonyl (C=O) groups excluding carboxylic acids is 4. The van der Waals surface area contributed by atoms with E-state index in [0.29, 0.717) is 57.7 Å². The van der Waals surface area contributed by atoms with Crippen LogP contribution in [-0.4, -0.2) is 71.2 Å². The number of piperidine rings is 2. The quantitative estimate of drug-likeness (QED) is 0.636. The molecular weight excluding hydrogens is 468 g/mol. The number of hydrogen-bond donors (Lipinski definition) is 2. The molecule has 4 rings (SSSR count). The van der Waals surface area contributed by atoms with E-state index >= 15 is 0 Å². The second kappa shape index (κ2) is 12.1. The summed E-state index contributed by atoms with van der Waals surface area (Å²) < 4.78 is 0. The first-order chi connectivity index (χ1) is 17.7. The lowest BCUT2D eigenvalue weighted by Gasteiger charge is -2.51. The number of rotatable bonds is 5. The minimum absolute atomic E-state index is 0.0288. The van der Waals surface area contributed by atoms with Gasteiger partial charge in [-0.25, -0.2) is 0 Å². The molecule has 0 aliphatic carbocycles. The van der Waals surface area contributed by atoms with E-state index in [4.69, 9.17) is 0 Å². The molecule has 1 aromatic carbocycles. The lowest BCUT2D eigenvalue weighted by Crippen LogP contribution is -2.63. The van der Waals surface area contributed by atoms with Gasteiger partial charge in [-0.05, 0) is 62.3 Å². The molecule has 8 nitrogen and oxygen atoms in total. The second-order valence-electron chi connectivity index (χ2n) is 11.6. The number of aryl methyl sites for hydroxylation is 1. The van der Waals surface area contributed by atoms with Crippen molar-refractivity contribution >= 4 is 23.6 Å². The second-order valence-corrected chi connectivity index (χ2v) is 11.6. The number of fused-ring (bicyclic) bond motifs is 4. The van der Waals surface area contributed by atoms with Crippen molar-refractivity contribution in [3.05, 3.63) is 35.9 Å². The van der Waals surface area contributed by atoms with Gasteiger partial charge in [0.1, 0.15) is 12.1 Å². The van der Waals surface area contributed by atoms with Crippen molar-refractivity contribution in [2.45, 2.75) is 83.8 Å². The lowest BCUT2D eigenvalue weighted by atomic mass is 9.77. The average Bonchev–Trinajstić information content (AvgIpc) is 2.86. The van der Waals surface area contributed by atoms with Gasteiger partial charge in [-0.1, -0.05) is 44.2 Å². The summed E-state index contributed by atoms with van der Waals surface area (Å²) in [5, 5.41) is 5.81. The van der Waals surface area contributed by atoms with E-state index in [2.05, 4.69) is 24.5 Å². The maximum absolute atomic E-state index is 13.6. The Hall–Kier alpha value is -2.90. The number of benzene rings is 1. The molecule has 4 amide bonds. The third-order valence-electron chi connectivity index (χ3n) is 8.04. The van der Waals surface area contributed by atoms with Crippen molar-refractivity contribution in [1.29, 1.82) is 0 Å². The zero-order valence-electron chi connectivity index (χ0n) is 22.4. The van der Waals surface area contributed by atoms with E-state index in [0.717, 1.165) is 18.4 Å². The molecule has 0 spiro atoms. The molecule has 3 fully saturated rings. The molecule has 8 heteroatoms. The fourth-order valence-electron chi connectivity index (χ4n) is 6.24. The zero-order valence-corrected chi connectivity index (χ0v) is 22.4. The van der Waals surface area contributed by atoms with Crippen molar-refractivity contribution in [3.8, 4) is 0 Å². The van der Waals surface area contributed by atoms with E-state index in [1.807, 2.05) is 40.1 Å². The van der Waals surface area contributed by atoms with Crippen LogP contribution in [0.4, 0.5) is 0 Å². The minimum Gasteiger partial charge on any atom is -0.344 e. The highest BCUT2D eigenvalue weighted by Gasteiger charge is 2.44. The average molecular weight is 511 g/mol. The Bertz CT molecular complexity index is 981. The smallest absolute Gasteiger partial charge is 0.245 e. The summed E-state index contributed by atoms with van der Waals surface area (Å²) in [5.74, 6) is 0.430. The van der Waals surface area contributed by atoms with Crippen LogP contribution in [0.3, 0.4) is 0 Å². The van der Waals surface area contributed by atoms with Gasteiger partial charge in [0.2, 0.25) is 23.6 Å². The van der Waals surface area contributed by atoms with Gasteiger partial charge in [0.05, 0.1) is 0 Å². The van der Waals surface area contributed by atoms with E-state index in [1.54, 1.807) is 6.92 Å². The van der Waals surface area contributed by atoms with Crippen molar-refractivity contribution < 1.29 is 19.2 Å². The Morgan fingerprint density at radius 1 is 1.05 bits per heavy atom. The molecule has 0 aromatic heterocycles. The van der Waals surface area contributed by atoms with E-state index < -0.39 is 12.1 Å². The van der Waals surface area contributed by atoms with Gasteiger partial charge < -0.3 is 20.4 Å². The third kappa shape index (κ3) is 6.90. The number of hydrogen-bond acceptors (Lipinski definition) is 4. The molecule has 202 valence electrons. The highest BCUT2D eigenvalue weighted by Crippen LogP contribution is 2.36. The van der Waals surface area contributed by atoms with Crippen LogP contribution < -0.4 is 10.6 Å². The van der Waals surface area contributed by atoms with Crippen LogP contribution in [0.1, 0.15) is 64.9 Å². The van der Waals surface area contributed by atoms with Crippen LogP contribution >= 0.6 is 0 Å². The normalized spacial score (nSPS) is 29.1. The Morgan fingerprint density at radius 3 is 2.54 bits per heavy atom. The predicted octanol–water partition coefficient (Wildman–Crippen LogP) is 2.51. The van der Waals surface area contributed by atoms with Crippen molar-refractivity contribution in [1.82, 2.24) is 20.4 Å². The molecule has 3 aliphatic rings. The van der Waals surface area contributed by atoms with Gasteiger partial charge in [0.15, 0.2) is 0 Å². The number of nitrogens with one attached hydrogen (secondary N) is 2. The molecule has 0 unspecified atom stereocenters. The number of carbonyl (C=O) groups is 4. The molecule has 0 saturated carbocycles. The number of amides is 4. The highest BCUT2D eigenvalue weighted by molar-refractivity contribution is 5.92. The topological polar surface area (TPSA) is 98.8 Å². The molecule has 3 heterocycles. The standard InChI is InChI=1S/C29H42N4O4/c1-19(2)14-27(35)32-16-22-15-23(18-32)25-10-7-11-26(34)31-24(13-12-21-8-5-4-6-9-21)28(36)30-20(3)29(37)33(25)17-22/h4-6,8-9,19-20,22-25H,7,10-18H2,1-3H3,(H,30,36)(H,31,34)/t20-,22+,23-,24+,25+/m1/s1. The van der Waals surface area contributed by atoms with Crippen LogP contribution in [-0.2, 0) is 25.6 Å².